The zero-order chi connectivity index (χ0) is 13.6. The number of rotatable bonds is 6. The van der Waals surface area contributed by atoms with E-state index in [-0.39, 0.29) is 11.4 Å². The molecule has 0 aliphatic carbocycles. The second-order valence-corrected chi connectivity index (χ2v) is 5.84. The topological polar surface area (TPSA) is 68.0 Å². The van der Waals surface area contributed by atoms with Crippen LogP contribution in [0.25, 0.3) is 0 Å². The average Bonchev–Trinajstić information content (AvgIpc) is 2.37. The van der Waals surface area contributed by atoms with Crippen molar-refractivity contribution in [3.8, 4) is 0 Å². The van der Waals surface area contributed by atoms with Crippen LogP contribution in [0.3, 0.4) is 0 Å². The number of nitrogens with two attached hydrogens (primary N) is 1. The Bertz CT molecular complexity index is 383. The SMILES string of the molecule is CC(C)C(C)(CN)NC(=O)CSc1ccncc1. The molecule has 0 fully saturated rings. The molecule has 0 aliphatic heterocycles. The van der Waals surface area contributed by atoms with Crippen LogP contribution in [0.1, 0.15) is 20.8 Å². The molecule has 3 N–H and O–H groups in total. The maximum absolute atomic E-state index is 11.9. The molecule has 1 aromatic heterocycles. The van der Waals surface area contributed by atoms with E-state index in [9.17, 15) is 4.79 Å². The van der Waals surface area contributed by atoms with Crippen molar-refractivity contribution in [2.24, 2.45) is 11.7 Å². The largest absolute Gasteiger partial charge is 0.349 e. The Labute approximate surface area is 113 Å². The quantitative estimate of drug-likeness (QED) is 0.769. The molecule has 0 bridgehead atoms. The van der Waals surface area contributed by atoms with Gasteiger partial charge in [0.1, 0.15) is 0 Å². The molecule has 4 nitrogen and oxygen atoms in total. The molecule has 5 heteroatoms. The van der Waals surface area contributed by atoms with Gasteiger partial charge in [-0.3, -0.25) is 9.78 Å². The predicted octanol–water partition coefficient (Wildman–Crippen LogP) is 1.66. The maximum Gasteiger partial charge on any atom is 0.230 e. The van der Waals surface area contributed by atoms with E-state index >= 15 is 0 Å². The number of carbonyl (C=O) groups excluding carboxylic acids is 1. The van der Waals surface area contributed by atoms with Gasteiger partial charge in [-0.05, 0) is 25.0 Å². The highest BCUT2D eigenvalue weighted by Gasteiger charge is 2.28. The van der Waals surface area contributed by atoms with E-state index in [4.69, 9.17) is 5.73 Å². The minimum atomic E-state index is -0.337. The molecule has 0 spiro atoms. The molecular formula is C13H21N3OS. The standard InChI is InChI=1S/C13H21N3OS/c1-10(2)13(3,9-14)16-12(17)8-18-11-4-6-15-7-5-11/h4-7,10H,8-9,14H2,1-3H3,(H,16,17). The average molecular weight is 267 g/mol. The summed E-state index contributed by atoms with van der Waals surface area (Å²) < 4.78 is 0. The minimum Gasteiger partial charge on any atom is -0.349 e. The van der Waals surface area contributed by atoms with Crippen molar-refractivity contribution < 1.29 is 4.79 Å². The van der Waals surface area contributed by atoms with Crippen molar-refractivity contribution in [1.29, 1.82) is 0 Å². The summed E-state index contributed by atoms with van der Waals surface area (Å²) in [6, 6.07) is 3.78. The van der Waals surface area contributed by atoms with Crippen LogP contribution < -0.4 is 11.1 Å². The van der Waals surface area contributed by atoms with Gasteiger partial charge < -0.3 is 11.1 Å². The van der Waals surface area contributed by atoms with Gasteiger partial charge in [0, 0.05) is 23.8 Å². The van der Waals surface area contributed by atoms with Crippen LogP contribution in [-0.2, 0) is 4.79 Å². The fourth-order valence-electron chi connectivity index (χ4n) is 1.37. The maximum atomic E-state index is 11.9. The summed E-state index contributed by atoms with van der Waals surface area (Å²) in [7, 11) is 0. The third kappa shape index (κ3) is 4.31. The molecule has 0 saturated carbocycles. The molecule has 1 rings (SSSR count). The smallest absolute Gasteiger partial charge is 0.230 e. The third-order valence-corrected chi connectivity index (χ3v) is 4.15. The highest BCUT2D eigenvalue weighted by molar-refractivity contribution is 8.00. The summed E-state index contributed by atoms with van der Waals surface area (Å²) in [6.45, 7) is 6.54. The fourth-order valence-corrected chi connectivity index (χ4v) is 2.05. The van der Waals surface area contributed by atoms with Crippen molar-refractivity contribution in [2.45, 2.75) is 31.2 Å². The Hall–Kier alpha value is -1.07. The molecule has 0 radical (unpaired) electrons. The van der Waals surface area contributed by atoms with Crippen LogP contribution >= 0.6 is 11.8 Å². The van der Waals surface area contributed by atoms with Crippen LogP contribution in [0, 0.1) is 5.92 Å². The molecule has 18 heavy (non-hydrogen) atoms. The molecule has 0 aliphatic rings. The van der Waals surface area contributed by atoms with Gasteiger partial charge in [0.15, 0.2) is 0 Å². The fraction of sp³-hybridized carbons (Fsp3) is 0.538. The molecule has 0 aromatic carbocycles. The van der Waals surface area contributed by atoms with Crippen LogP contribution in [0.5, 0.6) is 0 Å². The van der Waals surface area contributed by atoms with Gasteiger partial charge in [0.25, 0.3) is 0 Å². The van der Waals surface area contributed by atoms with Gasteiger partial charge in [-0.25, -0.2) is 0 Å². The van der Waals surface area contributed by atoms with E-state index in [0.717, 1.165) is 4.90 Å². The van der Waals surface area contributed by atoms with Crippen molar-refractivity contribution in [3.63, 3.8) is 0 Å². The Morgan fingerprint density at radius 2 is 2.11 bits per heavy atom. The Morgan fingerprint density at radius 1 is 1.50 bits per heavy atom. The second kappa shape index (κ2) is 6.75. The van der Waals surface area contributed by atoms with Crippen LogP contribution in [0.2, 0.25) is 0 Å². The lowest BCUT2D eigenvalue weighted by Crippen LogP contribution is -2.55. The van der Waals surface area contributed by atoms with E-state index < -0.39 is 0 Å². The summed E-state index contributed by atoms with van der Waals surface area (Å²) in [5.41, 5.74) is 5.40. The Kier molecular flexibility index (Phi) is 5.62. The number of nitrogens with one attached hydrogen (secondary N) is 1. The number of hydrogen-bond acceptors (Lipinski definition) is 4. The van der Waals surface area contributed by atoms with Crippen LogP contribution in [0.4, 0.5) is 0 Å². The van der Waals surface area contributed by atoms with E-state index in [0.29, 0.717) is 18.2 Å². The third-order valence-electron chi connectivity index (χ3n) is 3.14. The molecule has 1 atom stereocenters. The molecule has 1 aromatic rings. The summed E-state index contributed by atoms with van der Waals surface area (Å²) in [4.78, 5) is 16.9. The number of nitrogens with zero attached hydrogens (tertiary/aromatic N) is 1. The van der Waals surface area contributed by atoms with Gasteiger partial charge in [0.05, 0.1) is 11.3 Å². The molecule has 1 amide bonds. The highest BCUT2D eigenvalue weighted by atomic mass is 32.2. The summed E-state index contributed by atoms with van der Waals surface area (Å²) in [6.07, 6.45) is 3.44. The monoisotopic (exact) mass is 267 g/mol. The molecular weight excluding hydrogens is 246 g/mol. The number of carbonyl (C=O) groups is 1. The van der Waals surface area contributed by atoms with E-state index in [1.807, 2.05) is 19.1 Å². The first-order valence-corrected chi connectivity index (χ1v) is 7.00. The first kappa shape index (κ1) is 15.0. The first-order chi connectivity index (χ1) is 8.48. The number of amides is 1. The van der Waals surface area contributed by atoms with E-state index in [1.165, 1.54) is 11.8 Å². The van der Waals surface area contributed by atoms with E-state index in [1.54, 1.807) is 12.4 Å². The number of thioether (sulfide) groups is 1. The lowest BCUT2D eigenvalue weighted by atomic mass is 9.88. The van der Waals surface area contributed by atoms with Crippen molar-refractivity contribution in [2.75, 3.05) is 12.3 Å². The predicted molar refractivity (Wildman–Crippen MR) is 75.4 cm³/mol. The van der Waals surface area contributed by atoms with Gasteiger partial charge in [0.2, 0.25) is 5.91 Å². The van der Waals surface area contributed by atoms with Gasteiger partial charge in [-0.15, -0.1) is 11.8 Å². The van der Waals surface area contributed by atoms with Crippen molar-refractivity contribution >= 4 is 17.7 Å². The van der Waals surface area contributed by atoms with E-state index in [2.05, 4.69) is 24.1 Å². The van der Waals surface area contributed by atoms with Crippen molar-refractivity contribution in [1.82, 2.24) is 10.3 Å². The molecule has 0 saturated heterocycles. The number of hydrogen-bond donors (Lipinski definition) is 2. The number of aromatic nitrogens is 1. The summed E-state index contributed by atoms with van der Waals surface area (Å²) in [5.74, 6) is 0.711. The normalized spacial score (nSPS) is 14.3. The summed E-state index contributed by atoms with van der Waals surface area (Å²) >= 11 is 1.50. The molecule has 1 unspecified atom stereocenters. The summed E-state index contributed by atoms with van der Waals surface area (Å²) in [5, 5.41) is 3.01. The number of pyridine rings is 1. The Morgan fingerprint density at radius 3 is 2.61 bits per heavy atom. The molecule has 100 valence electrons. The lowest BCUT2D eigenvalue weighted by Gasteiger charge is -2.33. The first-order valence-electron chi connectivity index (χ1n) is 6.02. The van der Waals surface area contributed by atoms with Gasteiger partial charge in [-0.1, -0.05) is 13.8 Å². The minimum absolute atomic E-state index is 0.0125. The highest BCUT2D eigenvalue weighted by Crippen LogP contribution is 2.18. The van der Waals surface area contributed by atoms with Crippen molar-refractivity contribution in [3.05, 3.63) is 24.5 Å². The van der Waals surface area contributed by atoms with Crippen LogP contribution in [0.15, 0.2) is 29.4 Å². The molecule has 1 heterocycles. The van der Waals surface area contributed by atoms with Crippen LogP contribution in [-0.4, -0.2) is 28.7 Å². The Balaban J connectivity index is 2.47. The second-order valence-electron chi connectivity index (χ2n) is 4.80. The zero-order valence-electron chi connectivity index (χ0n) is 11.1. The van der Waals surface area contributed by atoms with Gasteiger partial charge >= 0.3 is 0 Å². The van der Waals surface area contributed by atoms with Gasteiger partial charge in [-0.2, -0.15) is 0 Å². The lowest BCUT2D eigenvalue weighted by molar-refractivity contribution is -0.120. The zero-order valence-corrected chi connectivity index (χ0v) is 12.0.